The standard InChI is InChI=1S/C12H17ClN2O/c1-8-6-5-7-9(13)10(8)15-11(16)12(2,3)14-4/h5-7,14H,1-4H3,(H,15,16). The molecule has 0 aliphatic carbocycles. The number of amides is 1. The average molecular weight is 241 g/mol. The molecule has 0 heterocycles. The van der Waals surface area contributed by atoms with E-state index in [1.54, 1.807) is 13.1 Å². The van der Waals surface area contributed by atoms with Crippen LogP contribution in [0.2, 0.25) is 5.02 Å². The molecule has 4 heteroatoms. The third-order valence-electron chi connectivity index (χ3n) is 2.65. The molecule has 0 fully saturated rings. The van der Waals surface area contributed by atoms with Crippen molar-refractivity contribution >= 4 is 23.2 Å². The van der Waals surface area contributed by atoms with E-state index < -0.39 is 5.54 Å². The molecule has 0 radical (unpaired) electrons. The number of nitrogens with one attached hydrogen (secondary N) is 2. The van der Waals surface area contributed by atoms with Crippen LogP contribution in [-0.4, -0.2) is 18.5 Å². The number of benzene rings is 1. The first-order valence-corrected chi connectivity index (χ1v) is 5.52. The van der Waals surface area contributed by atoms with Gasteiger partial charge in [0.05, 0.1) is 16.2 Å². The van der Waals surface area contributed by atoms with Gasteiger partial charge < -0.3 is 10.6 Å². The quantitative estimate of drug-likeness (QED) is 0.853. The Hall–Kier alpha value is -1.06. The van der Waals surface area contributed by atoms with Gasteiger partial charge in [0.1, 0.15) is 0 Å². The molecule has 0 bridgehead atoms. The van der Waals surface area contributed by atoms with Crippen molar-refractivity contribution in [1.82, 2.24) is 5.32 Å². The fraction of sp³-hybridized carbons (Fsp3) is 0.417. The lowest BCUT2D eigenvalue weighted by molar-refractivity contribution is -0.121. The van der Waals surface area contributed by atoms with Gasteiger partial charge in [-0.25, -0.2) is 0 Å². The molecular weight excluding hydrogens is 224 g/mol. The topological polar surface area (TPSA) is 41.1 Å². The highest BCUT2D eigenvalue weighted by Gasteiger charge is 2.25. The number of carbonyl (C=O) groups is 1. The average Bonchev–Trinajstić information content (AvgIpc) is 2.23. The maximum Gasteiger partial charge on any atom is 0.244 e. The maximum absolute atomic E-state index is 11.9. The first-order chi connectivity index (χ1) is 7.38. The highest BCUT2D eigenvalue weighted by molar-refractivity contribution is 6.34. The van der Waals surface area contributed by atoms with E-state index >= 15 is 0 Å². The predicted octanol–water partition coefficient (Wildman–Crippen LogP) is 2.58. The molecule has 1 rings (SSSR count). The normalized spacial score (nSPS) is 11.3. The van der Waals surface area contributed by atoms with E-state index in [2.05, 4.69) is 10.6 Å². The van der Waals surface area contributed by atoms with Crippen LogP contribution < -0.4 is 10.6 Å². The van der Waals surface area contributed by atoms with Crippen LogP contribution in [0.25, 0.3) is 0 Å². The van der Waals surface area contributed by atoms with Crippen molar-refractivity contribution in [2.24, 2.45) is 0 Å². The van der Waals surface area contributed by atoms with Crippen molar-refractivity contribution in [3.8, 4) is 0 Å². The summed E-state index contributed by atoms with van der Waals surface area (Å²) >= 11 is 6.03. The number of hydrogen-bond donors (Lipinski definition) is 2. The molecule has 1 amide bonds. The minimum Gasteiger partial charge on any atom is -0.323 e. The number of anilines is 1. The van der Waals surface area contributed by atoms with Gasteiger partial charge in [-0.3, -0.25) is 4.79 Å². The summed E-state index contributed by atoms with van der Waals surface area (Å²) in [7, 11) is 1.75. The van der Waals surface area contributed by atoms with Crippen LogP contribution in [0.4, 0.5) is 5.69 Å². The van der Waals surface area contributed by atoms with Crippen molar-refractivity contribution in [3.63, 3.8) is 0 Å². The van der Waals surface area contributed by atoms with E-state index in [4.69, 9.17) is 11.6 Å². The summed E-state index contributed by atoms with van der Waals surface area (Å²) in [6.07, 6.45) is 0. The van der Waals surface area contributed by atoms with E-state index in [0.717, 1.165) is 5.56 Å². The summed E-state index contributed by atoms with van der Waals surface area (Å²) in [5.41, 5.74) is 1.01. The molecule has 0 saturated heterocycles. The highest BCUT2D eigenvalue weighted by atomic mass is 35.5. The minimum atomic E-state index is -0.619. The van der Waals surface area contributed by atoms with Crippen LogP contribution in [0.5, 0.6) is 0 Å². The van der Waals surface area contributed by atoms with Gasteiger partial charge in [-0.05, 0) is 39.4 Å². The van der Waals surface area contributed by atoms with Crippen LogP contribution in [-0.2, 0) is 4.79 Å². The Morgan fingerprint density at radius 2 is 2.00 bits per heavy atom. The molecule has 3 nitrogen and oxygen atoms in total. The number of aryl methyl sites for hydroxylation is 1. The molecule has 0 aliphatic heterocycles. The Balaban J connectivity index is 2.94. The van der Waals surface area contributed by atoms with E-state index in [1.807, 2.05) is 32.9 Å². The minimum absolute atomic E-state index is 0.105. The fourth-order valence-electron chi connectivity index (χ4n) is 1.17. The van der Waals surface area contributed by atoms with Crippen LogP contribution in [0, 0.1) is 6.92 Å². The lowest BCUT2D eigenvalue weighted by atomic mass is 10.0. The molecule has 0 spiro atoms. The molecule has 0 saturated carbocycles. The van der Waals surface area contributed by atoms with Gasteiger partial charge in [0.15, 0.2) is 0 Å². The van der Waals surface area contributed by atoms with Crippen LogP contribution in [0.15, 0.2) is 18.2 Å². The lowest BCUT2D eigenvalue weighted by Gasteiger charge is -2.23. The van der Waals surface area contributed by atoms with Gasteiger partial charge in [-0.2, -0.15) is 0 Å². The largest absolute Gasteiger partial charge is 0.323 e. The second-order valence-electron chi connectivity index (χ2n) is 4.26. The number of halogens is 1. The van der Waals surface area contributed by atoms with E-state index in [1.165, 1.54) is 0 Å². The molecule has 1 aromatic rings. The smallest absolute Gasteiger partial charge is 0.244 e. The summed E-state index contributed by atoms with van der Waals surface area (Å²) < 4.78 is 0. The van der Waals surface area contributed by atoms with Crippen LogP contribution in [0.3, 0.4) is 0 Å². The Labute approximate surface area is 101 Å². The fourth-order valence-corrected chi connectivity index (χ4v) is 1.44. The zero-order valence-corrected chi connectivity index (χ0v) is 10.8. The molecule has 16 heavy (non-hydrogen) atoms. The Morgan fingerprint density at radius 3 is 2.50 bits per heavy atom. The first kappa shape index (κ1) is 13.0. The zero-order chi connectivity index (χ0) is 12.3. The zero-order valence-electron chi connectivity index (χ0n) is 10.0. The van der Waals surface area contributed by atoms with Crippen molar-refractivity contribution in [1.29, 1.82) is 0 Å². The van der Waals surface area contributed by atoms with Gasteiger partial charge >= 0.3 is 0 Å². The Morgan fingerprint density at radius 1 is 1.38 bits per heavy atom. The predicted molar refractivity (Wildman–Crippen MR) is 68.0 cm³/mol. The van der Waals surface area contributed by atoms with E-state index in [-0.39, 0.29) is 5.91 Å². The summed E-state index contributed by atoms with van der Waals surface area (Å²) in [4.78, 5) is 11.9. The molecule has 88 valence electrons. The van der Waals surface area contributed by atoms with E-state index in [9.17, 15) is 4.79 Å². The highest BCUT2D eigenvalue weighted by Crippen LogP contribution is 2.25. The molecule has 1 aromatic carbocycles. The second kappa shape index (κ2) is 4.85. The van der Waals surface area contributed by atoms with Gasteiger partial charge in [-0.1, -0.05) is 23.7 Å². The summed E-state index contributed by atoms with van der Waals surface area (Å²) in [5.74, 6) is -0.105. The molecule has 2 N–H and O–H groups in total. The van der Waals surface area contributed by atoms with E-state index in [0.29, 0.717) is 10.7 Å². The first-order valence-electron chi connectivity index (χ1n) is 5.14. The van der Waals surface area contributed by atoms with Gasteiger partial charge in [0.2, 0.25) is 5.91 Å². The monoisotopic (exact) mass is 240 g/mol. The Bertz CT molecular complexity index is 382. The summed E-state index contributed by atoms with van der Waals surface area (Å²) in [6.45, 7) is 5.54. The molecule has 0 unspecified atom stereocenters. The van der Waals surface area contributed by atoms with Crippen molar-refractivity contribution in [2.75, 3.05) is 12.4 Å². The van der Waals surface area contributed by atoms with Crippen molar-refractivity contribution < 1.29 is 4.79 Å². The number of para-hydroxylation sites is 1. The number of hydrogen-bond acceptors (Lipinski definition) is 2. The third kappa shape index (κ3) is 2.74. The molecule has 0 aliphatic rings. The SMILES string of the molecule is CNC(C)(C)C(=O)Nc1c(C)cccc1Cl. The number of carbonyl (C=O) groups excluding carboxylic acids is 1. The van der Waals surface area contributed by atoms with Gasteiger partial charge in [0.25, 0.3) is 0 Å². The van der Waals surface area contributed by atoms with Crippen molar-refractivity contribution in [2.45, 2.75) is 26.3 Å². The number of rotatable bonds is 3. The van der Waals surface area contributed by atoms with Gasteiger partial charge in [0, 0.05) is 0 Å². The van der Waals surface area contributed by atoms with Crippen LogP contribution in [0.1, 0.15) is 19.4 Å². The third-order valence-corrected chi connectivity index (χ3v) is 2.97. The van der Waals surface area contributed by atoms with Crippen molar-refractivity contribution in [3.05, 3.63) is 28.8 Å². The molecule has 0 aromatic heterocycles. The number of likely N-dealkylation sites (N-methyl/N-ethyl adjacent to an activating group) is 1. The lowest BCUT2D eigenvalue weighted by Crippen LogP contribution is -2.48. The second-order valence-corrected chi connectivity index (χ2v) is 4.67. The summed E-state index contributed by atoms with van der Waals surface area (Å²) in [5, 5.41) is 6.34. The van der Waals surface area contributed by atoms with Gasteiger partial charge in [-0.15, -0.1) is 0 Å². The maximum atomic E-state index is 11.9. The Kier molecular flexibility index (Phi) is 3.94. The molecular formula is C12H17ClN2O. The molecule has 0 atom stereocenters. The summed E-state index contributed by atoms with van der Waals surface area (Å²) in [6, 6.07) is 5.53. The van der Waals surface area contributed by atoms with Crippen LogP contribution >= 0.6 is 11.6 Å².